The molecule has 0 unspecified atom stereocenters. The van der Waals surface area contributed by atoms with Crippen molar-refractivity contribution in [3.8, 4) is 10.6 Å². The second kappa shape index (κ2) is 6.96. The number of aryl methyl sites for hydroxylation is 1. The van der Waals surface area contributed by atoms with Crippen molar-refractivity contribution in [3.63, 3.8) is 0 Å². The van der Waals surface area contributed by atoms with E-state index in [0.717, 1.165) is 53.0 Å². The molecule has 128 valence electrons. The van der Waals surface area contributed by atoms with Crippen molar-refractivity contribution in [2.45, 2.75) is 32.6 Å². The van der Waals surface area contributed by atoms with Gasteiger partial charge in [-0.2, -0.15) is 0 Å². The van der Waals surface area contributed by atoms with Gasteiger partial charge >= 0.3 is 0 Å². The molecule has 3 nitrogen and oxygen atoms in total. The Morgan fingerprint density at radius 2 is 1.80 bits per heavy atom. The molecule has 1 amide bonds. The van der Waals surface area contributed by atoms with Crippen LogP contribution in [0.15, 0.2) is 42.5 Å². The number of amides is 1. The first kappa shape index (κ1) is 16.3. The molecule has 25 heavy (non-hydrogen) atoms. The molecule has 0 spiro atoms. The van der Waals surface area contributed by atoms with Crippen LogP contribution in [0.4, 0.5) is 0 Å². The van der Waals surface area contributed by atoms with Crippen LogP contribution in [-0.2, 0) is 0 Å². The van der Waals surface area contributed by atoms with E-state index in [4.69, 9.17) is 4.98 Å². The van der Waals surface area contributed by atoms with Gasteiger partial charge in [0.1, 0.15) is 0 Å². The number of pyridine rings is 1. The summed E-state index contributed by atoms with van der Waals surface area (Å²) >= 11 is 1.72. The Balaban J connectivity index is 1.82. The molecule has 4 heteroatoms. The molecule has 1 fully saturated rings. The third-order valence-corrected chi connectivity index (χ3v) is 5.86. The van der Waals surface area contributed by atoms with Crippen LogP contribution in [0.25, 0.3) is 21.5 Å². The maximum absolute atomic E-state index is 13.3. The number of aromatic nitrogens is 1. The monoisotopic (exact) mass is 350 g/mol. The Bertz CT molecular complexity index is 907. The summed E-state index contributed by atoms with van der Waals surface area (Å²) in [6, 6.07) is 14.2. The average molecular weight is 350 g/mol. The number of thiophene rings is 1. The van der Waals surface area contributed by atoms with E-state index in [0.29, 0.717) is 0 Å². The van der Waals surface area contributed by atoms with Crippen LogP contribution in [0.3, 0.4) is 0 Å². The van der Waals surface area contributed by atoms with Crippen molar-refractivity contribution < 1.29 is 4.79 Å². The molecule has 0 radical (unpaired) electrons. The molecule has 0 bridgehead atoms. The predicted molar refractivity (Wildman–Crippen MR) is 104 cm³/mol. The smallest absolute Gasteiger partial charge is 0.254 e. The summed E-state index contributed by atoms with van der Waals surface area (Å²) in [6.45, 7) is 3.82. The number of fused-ring (bicyclic) bond motifs is 1. The third kappa shape index (κ3) is 3.31. The first-order valence-electron chi connectivity index (χ1n) is 8.98. The van der Waals surface area contributed by atoms with Crippen LogP contribution in [0, 0.1) is 6.92 Å². The first-order valence-corrected chi connectivity index (χ1v) is 9.80. The molecular formula is C21H22N2OS. The highest BCUT2D eigenvalue weighted by molar-refractivity contribution is 7.15. The van der Waals surface area contributed by atoms with Gasteiger partial charge in [0.05, 0.1) is 21.7 Å². The molecule has 3 heterocycles. The van der Waals surface area contributed by atoms with Gasteiger partial charge in [0.2, 0.25) is 0 Å². The normalized spacial score (nSPS) is 15.3. The van der Waals surface area contributed by atoms with E-state index in [1.165, 1.54) is 17.7 Å². The lowest BCUT2D eigenvalue weighted by atomic mass is 10.1. The van der Waals surface area contributed by atoms with E-state index in [-0.39, 0.29) is 5.91 Å². The molecule has 1 saturated heterocycles. The van der Waals surface area contributed by atoms with Crippen molar-refractivity contribution in [2.24, 2.45) is 0 Å². The number of carbonyl (C=O) groups excluding carboxylic acids is 1. The molecular weight excluding hydrogens is 328 g/mol. The van der Waals surface area contributed by atoms with Crippen LogP contribution in [0.2, 0.25) is 0 Å². The Kier molecular flexibility index (Phi) is 4.53. The fourth-order valence-electron chi connectivity index (χ4n) is 3.49. The molecule has 2 aromatic heterocycles. The van der Waals surface area contributed by atoms with Gasteiger partial charge in [0.25, 0.3) is 5.91 Å². The number of nitrogens with zero attached hydrogens (tertiary/aromatic N) is 2. The molecule has 1 aliphatic heterocycles. The van der Waals surface area contributed by atoms with Gasteiger partial charge in [-0.3, -0.25) is 4.79 Å². The maximum atomic E-state index is 13.3. The summed E-state index contributed by atoms with van der Waals surface area (Å²) in [5.41, 5.74) is 2.58. The van der Waals surface area contributed by atoms with Crippen molar-refractivity contribution in [2.75, 3.05) is 13.1 Å². The number of benzene rings is 1. The fraction of sp³-hybridized carbons (Fsp3) is 0.333. The number of carbonyl (C=O) groups is 1. The molecule has 4 rings (SSSR count). The Morgan fingerprint density at radius 3 is 2.52 bits per heavy atom. The maximum Gasteiger partial charge on any atom is 0.254 e. The van der Waals surface area contributed by atoms with Crippen LogP contribution >= 0.6 is 11.3 Å². The molecule has 0 N–H and O–H groups in total. The fourth-order valence-corrected chi connectivity index (χ4v) is 4.32. The van der Waals surface area contributed by atoms with E-state index >= 15 is 0 Å². The highest BCUT2D eigenvalue weighted by Gasteiger charge is 2.21. The van der Waals surface area contributed by atoms with Gasteiger partial charge in [0, 0.05) is 23.4 Å². The van der Waals surface area contributed by atoms with Crippen molar-refractivity contribution >= 4 is 28.1 Å². The molecule has 3 aromatic rings. The summed E-state index contributed by atoms with van der Waals surface area (Å²) in [6.07, 6.45) is 4.65. The number of hydrogen-bond donors (Lipinski definition) is 0. The highest BCUT2D eigenvalue weighted by atomic mass is 32.1. The predicted octanol–water partition coefficient (Wildman–Crippen LogP) is 5.29. The summed E-state index contributed by atoms with van der Waals surface area (Å²) in [4.78, 5) is 22.5. The Morgan fingerprint density at radius 1 is 1.04 bits per heavy atom. The minimum absolute atomic E-state index is 0.148. The number of hydrogen-bond acceptors (Lipinski definition) is 3. The van der Waals surface area contributed by atoms with Crippen molar-refractivity contribution in [3.05, 3.63) is 52.9 Å². The number of rotatable bonds is 2. The van der Waals surface area contributed by atoms with E-state index in [9.17, 15) is 4.79 Å². The standard InChI is InChI=1S/C21H22N2OS/c1-15-10-11-20(25-15)19-14-17(16-8-4-5-9-18(16)22-19)21(24)23-12-6-2-3-7-13-23/h4-5,8-11,14H,2-3,6-7,12-13H2,1H3. The van der Waals surface area contributed by atoms with Crippen LogP contribution < -0.4 is 0 Å². The lowest BCUT2D eigenvalue weighted by Crippen LogP contribution is -2.32. The minimum Gasteiger partial charge on any atom is -0.339 e. The SMILES string of the molecule is Cc1ccc(-c2cc(C(=O)N3CCCCCC3)c3ccccc3n2)s1. The zero-order valence-corrected chi connectivity index (χ0v) is 15.3. The topological polar surface area (TPSA) is 33.2 Å². The average Bonchev–Trinajstić information content (AvgIpc) is 2.90. The first-order chi connectivity index (χ1) is 12.2. The van der Waals surface area contributed by atoms with E-state index < -0.39 is 0 Å². The van der Waals surface area contributed by atoms with E-state index in [1.807, 2.05) is 35.2 Å². The van der Waals surface area contributed by atoms with Gasteiger partial charge in [-0.15, -0.1) is 11.3 Å². The second-order valence-electron chi connectivity index (χ2n) is 6.69. The van der Waals surface area contributed by atoms with Crippen LogP contribution in [0.5, 0.6) is 0 Å². The molecule has 1 aliphatic rings. The zero-order valence-electron chi connectivity index (χ0n) is 14.5. The number of likely N-dealkylation sites (tertiary alicyclic amines) is 1. The van der Waals surface area contributed by atoms with Crippen molar-refractivity contribution in [1.82, 2.24) is 9.88 Å². The third-order valence-electron chi connectivity index (χ3n) is 4.83. The zero-order chi connectivity index (χ0) is 17.2. The van der Waals surface area contributed by atoms with Gasteiger partial charge in [-0.1, -0.05) is 31.0 Å². The Labute approximate surface area is 152 Å². The summed E-state index contributed by atoms with van der Waals surface area (Å²) in [7, 11) is 0. The molecule has 0 aliphatic carbocycles. The quantitative estimate of drug-likeness (QED) is 0.629. The molecule has 1 aromatic carbocycles. The second-order valence-corrected chi connectivity index (χ2v) is 7.98. The number of para-hydroxylation sites is 1. The highest BCUT2D eigenvalue weighted by Crippen LogP contribution is 2.30. The van der Waals surface area contributed by atoms with E-state index in [2.05, 4.69) is 19.1 Å². The van der Waals surface area contributed by atoms with Crippen molar-refractivity contribution in [1.29, 1.82) is 0 Å². The molecule has 0 saturated carbocycles. The lowest BCUT2D eigenvalue weighted by Gasteiger charge is -2.21. The Hall–Kier alpha value is -2.20. The van der Waals surface area contributed by atoms with Gasteiger partial charge < -0.3 is 4.90 Å². The van der Waals surface area contributed by atoms with Gasteiger partial charge in [-0.05, 0) is 44.0 Å². The summed E-state index contributed by atoms with van der Waals surface area (Å²) in [5.74, 6) is 0.148. The summed E-state index contributed by atoms with van der Waals surface area (Å²) < 4.78 is 0. The van der Waals surface area contributed by atoms with Crippen LogP contribution in [-0.4, -0.2) is 28.9 Å². The lowest BCUT2D eigenvalue weighted by molar-refractivity contribution is 0.0763. The van der Waals surface area contributed by atoms with E-state index in [1.54, 1.807) is 11.3 Å². The van der Waals surface area contributed by atoms with Gasteiger partial charge in [-0.25, -0.2) is 4.98 Å². The molecule has 0 atom stereocenters. The minimum atomic E-state index is 0.148. The van der Waals surface area contributed by atoms with Gasteiger partial charge in [0.15, 0.2) is 0 Å². The summed E-state index contributed by atoms with van der Waals surface area (Å²) in [5, 5.41) is 0.953. The van der Waals surface area contributed by atoms with Crippen LogP contribution in [0.1, 0.15) is 40.9 Å². The largest absolute Gasteiger partial charge is 0.339 e.